The number of rotatable bonds is 5. The SMILES string of the molecule is O=C(CCOc1ccccc1F)N1CCC(c2ccn[nH]2)C1. The molecule has 1 aromatic carbocycles. The number of aromatic nitrogens is 2. The van der Waals surface area contributed by atoms with Crippen LogP contribution < -0.4 is 4.74 Å². The molecular formula is C16H18FN3O2. The molecule has 0 radical (unpaired) electrons. The molecule has 1 amide bonds. The lowest BCUT2D eigenvalue weighted by Crippen LogP contribution is -2.29. The smallest absolute Gasteiger partial charge is 0.226 e. The highest BCUT2D eigenvalue weighted by molar-refractivity contribution is 5.76. The zero-order valence-electron chi connectivity index (χ0n) is 12.2. The number of benzene rings is 1. The molecule has 1 atom stereocenters. The number of aromatic amines is 1. The molecule has 1 aromatic heterocycles. The van der Waals surface area contributed by atoms with Gasteiger partial charge in [0.05, 0.1) is 13.0 Å². The molecule has 0 aliphatic carbocycles. The van der Waals surface area contributed by atoms with Gasteiger partial charge < -0.3 is 9.64 Å². The molecule has 6 heteroatoms. The number of nitrogens with zero attached hydrogens (tertiary/aromatic N) is 2. The number of nitrogens with one attached hydrogen (secondary N) is 1. The predicted molar refractivity (Wildman–Crippen MR) is 79.0 cm³/mol. The number of ether oxygens (including phenoxy) is 1. The van der Waals surface area contributed by atoms with E-state index in [1.807, 2.05) is 11.0 Å². The fourth-order valence-electron chi connectivity index (χ4n) is 2.70. The highest BCUT2D eigenvalue weighted by Gasteiger charge is 2.27. The van der Waals surface area contributed by atoms with Crippen molar-refractivity contribution in [2.45, 2.75) is 18.8 Å². The van der Waals surface area contributed by atoms with Gasteiger partial charge in [0.1, 0.15) is 0 Å². The summed E-state index contributed by atoms with van der Waals surface area (Å²) in [5, 5.41) is 6.90. The van der Waals surface area contributed by atoms with Gasteiger partial charge in [-0.2, -0.15) is 5.10 Å². The second-order valence-corrected chi connectivity index (χ2v) is 5.37. The average Bonchev–Trinajstić information content (AvgIpc) is 3.20. The van der Waals surface area contributed by atoms with E-state index in [-0.39, 0.29) is 24.7 Å². The maximum absolute atomic E-state index is 13.4. The first-order valence-electron chi connectivity index (χ1n) is 7.38. The number of carbonyl (C=O) groups excluding carboxylic acids is 1. The number of likely N-dealkylation sites (tertiary alicyclic amines) is 1. The minimum absolute atomic E-state index is 0.0401. The average molecular weight is 303 g/mol. The van der Waals surface area contributed by atoms with Crippen LogP contribution in [0.2, 0.25) is 0 Å². The number of H-pyrrole nitrogens is 1. The van der Waals surface area contributed by atoms with Gasteiger partial charge in [0.15, 0.2) is 11.6 Å². The maximum Gasteiger partial charge on any atom is 0.226 e. The van der Waals surface area contributed by atoms with Gasteiger partial charge in [-0.3, -0.25) is 9.89 Å². The van der Waals surface area contributed by atoms with Crippen LogP contribution >= 0.6 is 0 Å². The Bertz CT molecular complexity index is 630. The molecule has 2 heterocycles. The second-order valence-electron chi connectivity index (χ2n) is 5.37. The Hall–Kier alpha value is -2.37. The van der Waals surface area contributed by atoms with Gasteiger partial charge in [-0.1, -0.05) is 12.1 Å². The van der Waals surface area contributed by atoms with E-state index in [4.69, 9.17) is 4.74 Å². The number of hydrogen-bond donors (Lipinski definition) is 1. The third kappa shape index (κ3) is 3.27. The van der Waals surface area contributed by atoms with Gasteiger partial charge >= 0.3 is 0 Å². The van der Waals surface area contributed by atoms with Crippen molar-refractivity contribution in [2.75, 3.05) is 19.7 Å². The number of halogens is 1. The third-order valence-electron chi connectivity index (χ3n) is 3.91. The zero-order chi connectivity index (χ0) is 15.4. The molecule has 0 saturated carbocycles. The number of amides is 1. The molecule has 1 saturated heterocycles. The van der Waals surface area contributed by atoms with Crippen molar-refractivity contribution in [1.29, 1.82) is 0 Å². The van der Waals surface area contributed by atoms with Gasteiger partial charge in [0, 0.05) is 30.9 Å². The number of hydrogen-bond acceptors (Lipinski definition) is 3. The van der Waals surface area contributed by atoms with Crippen LogP contribution in [0.5, 0.6) is 5.75 Å². The quantitative estimate of drug-likeness (QED) is 0.922. The Morgan fingerprint density at radius 3 is 3.05 bits per heavy atom. The highest BCUT2D eigenvalue weighted by Crippen LogP contribution is 2.25. The van der Waals surface area contributed by atoms with E-state index in [1.165, 1.54) is 6.07 Å². The molecule has 2 aromatic rings. The molecule has 1 fully saturated rings. The fourth-order valence-corrected chi connectivity index (χ4v) is 2.70. The Labute approximate surface area is 128 Å². The van der Waals surface area contributed by atoms with Crippen molar-refractivity contribution in [3.63, 3.8) is 0 Å². The summed E-state index contributed by atoms with van der Waals surface area (Å²) in [7, 11) is 0. The van der Waals surface area contributed by atoms with Crippen LogP contribution in [0, 0.1) is 5.82 Å². The monoisotopic (exact) mass is 303 g/mol. The van der Waals surface area contributed by atoms with Crippen molar-refractivity contribution in [2.24, 2.45) is 0 Å². The fraction of sp³-hybridized carbons (Fsp3) is 0.375. The van der Waals surface area contributed by atoms with Gasteiger partial charge in [-0.05, 0) is 24.6 Å². The highest BCUT2D eigenvalue weighted by atomic mass is 19.1. The van der Waals surface area contributed by atoms with E-state index in [2.05, 4.69) is 10.2 Å². The molecule has 3 rings (SSSR count). The van der Waals surface area contributed by atoms with Gasteiger partial charge in [-0.25, -0.2) is 4.39 Å². The van der Waals surface area contributed by atoms with E-state index >= 15 is 0 Å². The molecule has 1 N–H and O–H groups in total. The van der Waals surface area contributed by atoms with Crippen LogP contribution in [0.25, 0.3) is 0 Å². The van der Waals surface area contributed by atoms with Gasteiger partial charge in [0.2, 0.25) is 5.91 Å². The largest absolute Gasteiger partial charge is 0.490 e. The first-order valence-corrected chi connectivity index (χ1v) is 7.38. The van der Waals surface area contributed by atoms with E-state index in [9.17, 15) is 9.18 Å². The van der Waals surface area contributed by atoms with Crippen LogP contribution in [-0.4, -0.2) is 40.7 Å². The lowest BCUT2D eigenvalue weighted by molar-refractivity contribution is -0.130. The molecule has 5 nitrogen and oxygen atoms in total. The van der Waals surface area contributed by atoms with Crippen molar-refractivity contribution < 1.29 is 13.9 Å². The minimum Gasteiger partial charge on any atom is -0.490 e. The van der Waals surface area contributed by atoms with Crippen molar-refractivity contribution >= 4 is 5.91 Å². The van der Waals surface area contributed by atoms with Crippen molar-refractivity contribution in [3.05, 3.63) is 48.0 Å². The summed E-state index contributed by atoms with van der Waals surface area (Å²) in [6.07, 6.45) is 2.91. The zero-order valence-corrected chi connectivity index (χ0v) is 12.2. The first kappa shape index (κ1) is 14.6. The van der Waals surface area contributed by atoms with Crippen molar-refractivity contribution in [3.8, 4) is 5.75 Å². The summed E-state index contributed by atoms with van der Waals surface area (Å²) >= 11 is 0. The molecule has 116 valence electrons. The summed E-state index contributed by atoms with van der Waals surface area (Å²) in [6.45, 7) is 1.62. The van der Waals surface area contributed by atoms with Gasteiger partial charge in [0.25, 0.3) is 0 Å². The van der Waals surface area contributed by atoms with Crippen LogP contribution in [0.4, 0.5) is 4.39 Å². The van der Waals surface area contributed by atoms with Crippen LogP contribution in [0.1, 0.15) is 24.5 Å². The Kier molecular flexibility index (Phi) is 4.37. The summed E-state index contributed by atoms with van der Waals surface area (Å²) < 4.78 is 18.7. The molecule has 1 aliphatic rings. The van der Waals surface area contributed by atoms with Gasteiger partial charge in [-0.15, -0.1) is 0 Å². The molecule has 1 aliphatic heterocycles. The maximum atomic E-state index is 13.4. The van der Waals surface area contributed by atoms with Crippen LogP contribution in [0.15, 0.2) is 36.5 Å². The summed E-state index contributed by atoms with van der Waals surface area (Å²) in [6, 6.07) is 8.15. The van der Waals surface area contributed by atoms with Crippen LogP contribution in [-0.2, 0) is 4.79 Å². The molecule has 0 bridgehead atoms. The first-order chi connectivity index (χ1) is 10.7. The molecule has 0 spiro atoms. The van der Waals surface area contributed by atoms with E-state index < -0.39 is 5.82 Å². The topological polar surface area (TPSA) is 58.2 Å². The summed E-state index contributed by atoms with van der Waals surface area (Å²) in [5.74, 6) is 0.139. The summed E-state index contributed by atoms with van der Waals surface area (Å²) in [4.78, 5) is 14.0. The second kappa shape index (κ2) is 6.60. The Balaban J connectivity index is 1.46. The third-order valence-corrected chi connectivity index (χ3v) is 3.91. The van der Waals surface area contributed by atoms with E-state index in [0.29, 0.717) is 12.5 Å². The predicted octanol–water partition coefficient (Wildman–Crippen LogP) is 2.33. The Morgan fingerprint density at radius 1 is 1.41 bits per heavy atom. The lowest BCUT2D eigenvalue weighted by atomic mass is 10.1. The van der Waals surface area contributed by atoms with E-state index in [1.54, 1.807) is 24.4 Å². The standard InChI is InChI=1S/C16H18FN3O2/c17-13-3-1-2-4-15(13)22-10-7-16(21)20-9-6-12(11-20)14-5-8-18-19-14/h1-5,8,12H,6-7,9-11H2,(H,18,19). The van der Waals surface area contributed by atoms with E-state index in [0.717, 1.165) is 18.7 Å². The Morgan fingerprint density at radius 2 is 2.27 bits per heavy atom. The summed E-state index contributed by atoms with van der Waals surface area (Å²) in [5.41, 5.74) is 1.07. The van der Waals surface area contributed by atoms with Crippen LogP contribution in [0.3, 0.4) is 0 Å². The molecule has 22 heavy (non-hydrogen) atoms. The lowest BCUT2D eigenvalue weighted by Gasteiger charge is -2.16. The van der Waals surface area contributed by atoms with Crippen molar-refractivity contribution in [1.82, 2.24) is 15.1 Å². The number of para-hydroxylation sites is 1. The molecule has 1 unspecified atom stereocenters. The minimum atomic E-state index is -0.407. The number of carbonyl (C=O) groups is 1. The normalized spacial score (nSPS) is 17.7. The molecular weight excluding hydrogens is 285 g/mol.